The van der Waals surface area contributed by atoms with Crippen molar-refractivity contribution in [2.75, 3.05) is 6.61 Å². The van der Waals surface area contributed by atoms with Crippen LogP contribution >= 0.6 is 0 Å². The highest BCUT2D eigenvalue weighted by Gasteiger charge is 2.38. The topological polar surface area (TPSA) is 111 Å². The Morgan fingerprint density at radius 2 is 1.87 bits per heavy atom. The number of nitrogens with zero attached hydrogens (tertiary/aromatic N) is 2. The Labute approximate surface area is 225 Å². The molecule has 2 unspecified atom stereocenters. The van der Waals surface area contributed by atoms with Gasteiger partial charge < -0.3 is 14.4 Å². The molecule has 0 radical (unpaired) electrons. The maximum absolute atomic E-state index is 12.6. The Morgan fingerprint density at radius 3 is 2.46 bits per heavy atom. The molecule has 1 aliphatic rings. The number of nitrogens with one attached hydrogen (secondary N) is 1. The quantitative estimate of drug-likeness (QED) is 0.374. The third-order valence-corrected chi connectivity index (χ3v) is 7.67. The molecule has 0 fully saturated rings. The molecule has 2 heterocycles. The lowest BCUT2D eigenvalue weighted by molar-refractivity contribution is -0.192. The van der Waals surface area contributed by atoms with Gasteiger partial charge in [0.25, 0.3) is 10.0 Å². The number of aryl methyl sites for hydroxylation is 1. The molecule has 0 bridgehead atoms. The largest absolute Gasteiger partial charge is 0.493 e. The molecule has 8 nitrogen and oxygen atoms in total. The van der Waals surface area contributed by atoms with Crippen LogP contribution in [0.3, 0.4) is 0 Å². The molecule has 2 N–H and O–H groups in total. The van der Waals surface area contributed by atoms with Crippen LogP contribution in [-0.2, 0) is 34.8 Å². The molecule has 0 aliphatic carbocycles. The van der Waals surface area contributed by atoms with Crippen molar-refractivity contribution >= 4 is 16.0 Å². The van der Waals surface area contributed by atoms with E-state index < -0.39 is 22.2 Å². The molecule has 39 heavy (non-hydrogen) atoms. The van der Waals surface area contributed by atoms with E-state index in [1.54, 1.807) is 11.6 Å². The van der Waals surface area contributed by atoms with Gasteiger partial charge in [-0.05, 0) is 41.5 Å². The summed E-state index contributed by atoms with van der Waals surface area (Å²) in [5, 5.41) is 7.16. The molecular weight excluding hydrogens is 535 g/mol. The predicted molar refractivity (Wildman–Crippen MR) is 139 cm³/mol. The van der Waals surface area contributed by atoms with Crippen molar-refractivity contribution in [3.8, 4) is 5.75 Å². The van der Waals surface area contributed by atoms with E-state index in [4.69, 9.17) is 14.6 Å². The monoisotopic (exact) mass is 567 g/mol. The summed E-state index contributed by atoms with van der Waals surface area (Å²) in [6, 6.07) is 16.6. The van der Waals surface area contributed by atoms with Crippen LogP contribution in [0.5, 0.6) is 5.75 Å². The highest BCUT2D eigenvalue weighted by atomic mass is 32.2. The van der Waals surface area contributed by atoms with Crippen molar-refractivity contribution in [3.63, 3.8) is 0 Å². The molecule has 12 heteroatoms. The molecule has 212 valence electrons. The molecule has 0 saturated carbocycles. The predicted octanol–water partition coefficient (Wildman–Crippen LogP) is 5.06. The summed E-state index contributed by atoms with van der Waals surface area (Å²) < 4.78 is 67.3. The first-order valence-electron chi connectivity index (χ1n) is 12.5. The zero-order valence-corrected chi connectivity index (χ0v) is 22.5. The molecule has 2 atom stereocenters. The van der Waals surface area contributed by atoms with Crippen LogP contribution in [0.2, 0.25) is 0 Å². The summed E-state index contributed by atoms with van der Waals surface area (Å²) >= 11 is 0. The van der Waals surface area contributed by atoms with Gasteiger partial charge in [-0.1, -0.05) is 62.2 Å². The number of imidazole rings is 1. The number of unbranched alkanes of at least 4 members (excludes halogenated alkanes) is 1. The fraction of sp³-hybridized carbons (Fsp3) is 0.407. The Morgan fingerprint density at radius 1 is 1.18 bits per heavy atom. The number of alkyl halides is 3. The first-order chi connectivity index (χ1) is 18.4. The van der Waals surface area contributed by atoms with Gasteiger partial charge in [-0.25, -0.2) is 22.9 Å². The van der Waals surface area contributed by atoms with Crippen LogP contribution in [0.25, 0.3) is 0 Å². The third-order valence-electron chi connectivity index (χ3n) is 6.39. The van der Waals surface area contributed by atoms with Crippen molar-refractivity contribution < 1.29 is 36.2 Å². The van der Waals surface area contributed by atoms with E-state index >= 15 is 0 Å². The van der Waals surface area contributed by atoms with E-state index in [1.807, 2.05) is 18.2 Å². The average Bonchev–Trinajstić information content (AvgIpc) is 3.35. The zero-order chi connectivity index (χ0) is 28.6. The van der Waals surface area contributed by atoms with Crippen molar-refractivity contribution in [2.24, 2.45) is 13.0 Å². The minimum absolute atomic E-state index is 0.0304. The molecule has 0 spiro atoms. The van der Waals surface area contributed by atoms with Gasteiger partial charge >= 0.3 is 12.1 Å². The highest BCUT2D eigenvalue weighted by molar-refractivity contribution is 7.89. The number of rotatable bonds is 9. The van der Waals surface area contributed by atoms with E-state index in [0.717, 1.165) is 37.2 Å². The Bertz CT molecular complexity index is 1340. The first kappa shape index (κ1) is 30.2. The number of fused-ring (bicyclic) bond motifs is 1. The van der Waals surface area contributed by atoms with E-state index in [2.05, 4.69) is 47.0 Å². The van der Waals surface area contributed by atoms with E-state index in [1.165, 1.54) is 30.1 Å². The minimum atomic E-state index is -5.08. The lowest BCUT2D eigenvalue weighted by atomic mass is 9.77. The van der Waals surface area contributed by atoms with Gasteiger partial charge in [-0.3, -0.25) is 0 Å². The maximum Gasteiger partial charge on any atom is 0.490 e. The fourth-order valence-corrected chi connectivity index (χ4v) is 5.37. The second-order valence-electron chi connectivity index (χ2n) is 9.39. The minimum Gasteiger partial charge on any atom is -0.493 e. The lowest BCUT2D eigenvalue weighted by Crippen LogP contribution is -2.28. The molecule has 1 aromatic heterocycles. The molecule has 0 saturated heterocycles. The number of benzene rings is 2. The summed E-state index contributed by atoms with van der Waals surface area (Å²) in [7, 11) is -1.91. The van der Waals surface area contributed by atoms with Crippen LogP contribution in [-0.4, -0.2) is 41.8 Å². The van der Waals surface area contributed by atoms with Crippen LogP contribution in [0.4, 0.5) is 13.2 Å². The van der Waals surface area contributed by atoms with Crippen LogP contribution in [0.15, 0.2) is 66.1 Å². The molecule has 3 aromatic rings. The average molecular weight is 568 g/mol. The Balaban J connectivity index is 0.000000532. The van der Waals surface area contributed by atoms with Crippen LogP contribution in [0, 0.1) is 5.92 Å². The van der Waals surface area contributed by atoms with Crippen molar-refractivity contribution in [1.29, 1.82) is 0 Å². The van der Waals surface area contributed by atoms with Crippen molar-refractivity contribution in [3.05, 3.63) is 77.7 Å². The standard InChI is InChI=1S/C25H31N3O3S.C2HF3O2/c1-3-4-10-21-17-31-24-12-11-20(15-27-32(29,30)25-16-28(2)18-26-25)14-23(24)22(21)13-19-8-6-5-7-9-19;3-2(4,5)1(6)7/h5-9,11-12,14,16,18,21-22,27H,3-4,10,13,15,17H2,1-2H3;(H,6,7). The molecule has 1 aliphatic heterocycles. The number of hydrogen-bond donors (Lipinski definition) is 2. The summed E-state index contributed by atoms with van der Waals surface area (Å²) in [6.07, 6.45) is 2.32. The summed E-state index contributed by atoms with van der Waals surface area (Å²) in [5.74, 6) is -1.05. The van der Waals surface area contributed by atoms with Gasteiger partial charge in [0, 0.05) is 25.7 Å². The van der Waals surface area contributed by atoms with Gasteiger partial charge in [0.05, 0.1) is 12.9 Å². The number of carbonyl (C=O) groups is 1. The molecule has 0 amide bonds. The second-order valence-corrected chi connectivity index (χ2v) is 11.1. The number of ether oxygens (including phenoxy) is 1. The van der Waals surface area contributed by atoms with Crippen LogP contribution < -0.4 is 9.46 Å². The number of sulfonamides is 1. The number of carboxylic acids is 1. The Kier molecular flexibility index (Phi) is 10.1. The molecular formula is C27H32F3N3O5S. The van der Waals surface area contributed by atoms with Crippen molar-refractivity contribution in [2.45, 2.75) is 56.3 Å². The van der Waals surface area contributed by atoms with Gasteiger partial charge in [0.15, 0.2) is 5.03 Å². The smallest absolute Gasteiger partial charge is 0.490 e. The summed E-state index contributed by atoms with van der Waals surface area (Å²) in [5.41, 5.74) is 3.41. The number of aromatic nitrogens is 2. The fourth-order valence-electron chi connectivity index (χ4n) is 4.37. The van der Waals surface area contributed by atoms with Crippen molar-refractivity contribution in [1.82, 2.24) is 14.3 Å². The lowest BCUT2D eigenvalue weighted by Gasteiger charge is -2.34. The molecule has 2 aromatic carbocycles. The molecule has 4 rings (SSSR count). The third kappa shape index (κ3) is 8.56. The van der Waals surface area contributed by atoms with Gasteiger partial charge in [-0.2, -0.15) is 13.2 Å². The van der Waals surface area contributed by atoms with E-state index in [-0.39, 0.29) is 11.6 Å². The van der Waals surface area contributed by atoms with E-state index in [9.17, 15) is 21.6 Å². The number of aliphatic carboxylic acids is 1. The van der Waals surface area contributed by atoms with Gasteiger partial charge in [-0.15, -0.1) is 0 Å². The zero-order valence-electron chi connectivity index (χ0n) is 21.7. The number of hydrogen-bond acceptors (Lipinski definition) is 5. The Hall–Kier alpha value is -3.38. The first-order valence-corrected chi connectivity index (χ1v) is 14.0. The maximum atomic E-state index is 12.6. The van der Waals surface area contributed by atoms with Gasteiger partial charge in [0.1, 0.15) is 5.75 Å². The van der Waals surface area contributed by atoms with Gasteiger partial charge in [0.2, 0.25) is 0 Å². The van der Waals surface area contributed by atoms with E-state index in [0.29, 0.717) is 11.8 Å². The summed E-state index contributed by atoms with van der Waals surface area (Å²) in [4.78, 5) is 12.9. The highest BCUT2D eigenvalue weighted by Crippen LogP contribution is 2.41. The SMILES string of the molecule is CCCCC1COc2ccc(CNS(=O)(=O)c3cn(C)cn3)cc2C1Cc1ccccc1.O=C(O)C(F)(F)F. The van der Waals surface area contributed by atoms with Crippen LogP contribution in [0.1, 0.15) is 48.8 Å². The summed E-state index contributed by atoms with van der Waals surface area (Å²) in [6.45, 7) is 3.16. The number of carboxylic acid groups (broad SMARTS) is 1. The normalized spacial score (nSPS) is 16.9. The second kappa shape index (κ2) is 13.1. The number of halogens is 3.